The van der Waals surface area contributed by atoms with Crippen molar-refractivity contribution in [3.05, 3.63) is 93.5 Å². The summed E-state index contributed by atoms with van der Waals surface area (Å²) in [5, 5.41) is 0.297. The van der Waals surface area contributed by atoms with E-state index in [2.05, 4.69) is 0 Å². The summed E-state index contributed by atoms with van der Waals surface area (Å²) in [6.45, 7) is 0.245. The number of ether oxygens (including phenoxy) is 1. The van der Waals surface area contributed by atoms with Gasteiger partial charge in [0.2, 0.25) is 0 Å². The van der Waals surface area contributed by atoms with Crippen LogP contribution in [-0.2, 0) is 17.9 Å². The van der Waals surface area contributed by atoms with Gasteiger partial charge >= 0.3 is 0 Å². The van der Waals surface area contributed by atoms with Gasteiger partial charge in [0.25, 0.3) is 5.91 Å². The van der Waals surface area contributed by atoms with E-state index in [9.17, 15) is 9.18 Å². The van der Waals surface area contributed by atoms with Gasteiger partial charge < -0.3 is 9.15 Å². The monoisotopic (exact) mass is 459 g/mol. The number of hydrogen-bond acceptors (Lipinski definition) is 5. The smallest absolute Gasteiger partial charge is 0.266 e. The number of rotatable bonds is 6. The van der Waals surface area contributed by atoms with Crippen molar-refractivity contribution in [2.75, 3.05) is 0 Å². The van der Waals surface area contributed by atoms with Crippen LogP contribution in [-0.4, -0.2) is 15.1 Å². The van der Waals surface area contributed by atoms with E-state index in [1.807, 2.05) is 12.1 Å². The number of carbonyl (C=O) groups is 1. The highest BCUT2D eigenvalue weighted by Crippen LogP contribution is 2.35. The molecule has 0 unspecified atom stereocenters. The van der Waals surface area contributed by atoms with E-state index in [0.717, 1.165) is 0 Å². The molecule has 1 aromatic heterocycles. The number of thioether (sulfide) groups is 1. The third kappa shape index (κ3) is 4.43. The summed E-state index contributed by atoms with van der Waals surface area (Å²) in [5.41, 5.74) is 0.960. The molecule has 1 amide bonds. The van der Waals surface area contributed by atoms with E-state index in [1.54, 1.807) is 48.7 Å². The van der Waals surface area contributed by atoms with Crippen molar-refractivity contribution in [1.29, 1.82) is 0 Å². The first kappa shape index (κ1) is 20.7. The Morgan fingerprint density at radius 3 is 2.77 bits per heavy atom. The van der Waals surface area contributed by atoms with E-state index >= 15 is 0 Å². The van der Waals surface area contributed by atoms with Crippen molar-refractivity contribution in [1.82, 2.24) is 4.90 Å². The Kier molecular flexibility index (Phi) is 6.22. The van der Waals surface area contributed by atoms with Gasteiger partial charge in [0.1, 0.15) is 28.3 Å². The van der Waals surface area contributed by atoms with Crippen molar-refractivity contribution in [3.63, 3.8) is 0 Å². The average Bonchev–Trinajstić information content (AvgIpc) is 3.33. The number of amides is 1. The highest BCUT2D eigenvalue weighted by Gasteiger charge is 2.32. The van der Waals surface area contributed by atoms with Gasteiger partial charge in [-0.3, -0.25) is 9.69 Å². The second kappa shape index (κ2) is 9.04. The fourth-order valence-electron chi connectivity index (χ4n) is 2.89. The van der Waals surface area contributed by atoms with Crippen molar-refractivity contribution in [2.24, 2.45) is 0 Å². The first-order valence-corrected chi connectivity index (χ1v) is 10.6. The summed E-state index contributed by atoms with van der Waals surface area (Å²) in [5.74, 6) is 0.526. The highest BCUT2D eigenvalue weighted by atomic mass is 35.5. The molecule has 152 valence electrons. The molecule has 1 aliphatic heterocycles. The largest absolute Gasteiger partial charge is 0.488 e. The molecule has 0 radical (unpaired) electrons. The Bertz CT molecular complexity index is 1110. The zero-order valence-corrected chi connectivity index (χ0v) is 17.9. The Balaban J connectivity index is 1.54. The molecule has 1 fully saturated rings. The van der Waals surface area contributed by atoms with E-state index < -0.39 is 5.82 Å². The molecule has 0 spiro atoms. The Morgan fingerprint density at radius 2 is 2.00 bits per heavy atom. The van der Waals surface area contributed by atoms with Crippen LogP contribution >= 0.6 is 35.6 Å². The first-order chi connectivity index (χ1) is 14.5. The maximum absolute atomic E-state index is 14.0. The predicted octanol–water partition coefficient (Wildman–Crippen LogP) is 6.05. The van der Waals surface area contributed by atoms with E-state index in [4.69, 9.17) is 33.0 Å². The average molecular weight is 460 g/mol. The fourth-order valence-corrected chi connectivity index (χ4v) is 4.35. The third-order valence-electron chi connectivity index (χ3n) is 4.41. The number of hydrogen-bond donors (Lipinski definition) is 0. The lowest BCUT2D eigenvalue weighted by atomic mass is 10.1. The second-order valence-electron chi connectivity index (χ2n) is 6.37. The molecule has 2 aromatic carbocycles. The molecule has 30 heavy (non-hydrogen) atoms. The van der Waals surface area contributed by atoms with Gasteiger partial charge in [-0.2, -0.15) is 0 Å². The van der Waals surface area contributed by atoms with Crippen LogP contribution in [0.5, 0.6) is 5.75 Å². The maximum atomic E-state index is 14.0. The van der Waals surface area contributed by atoms with Crippen LogP contribution in [0.2, 0.25) is 5.02 Å². The van der Waals surface area contributed by atoms with E-state index in [1.165, 1.54) is 22.7 Å². The van der Waals surface area contributed by atoms with Gasteiger partial charge in [-0.15, -0.1) is 0 Å². The van der Waals surface area contributed by atoms with Crippen LogP contribution in [0.4, 0.5) is 4.39 Å². The Morgan fingerprint density at radius 1 is 1.17 bits per heavy atom. The maximum Gasteiger partial charge on any atom is 0.266 e. The number of benzene rings is 2. The number of carbonyl (C=O) groups excluding carboxylic acids is 1. The SMILES string of the molecule is O=C1/C(=C/c2ccccc2OCc2c(F)cccc2Cl)SC(=S)N1Cc1ccco1. The summed E-state index contributed by atoms with van der Waals surface area (Å²) in [6.07, 6.45) is 3.28. The summed E-state index contributed by atoms with van der Waals surface area (Å²) in [4.78, 5) is 14.8. The van der Waals surface area contributed by atoms with E-state index in [0.29, 0.717) is 31.3 Å². The van der Waals surface area contributed by atoms with Gasteiger partial charge in [0.15, 0.2) is 0 Å². The summed E-state index contributed by atoms with van der Waals surface area (Å²) in [6, 6.07) is 15.2. The standard InChI is InChI=1S/C22H15ClFNO3S2/c23-17-7-3-8-18(24)16(17)13-28-19-9-2-1-5-14(19)11-20-21(26)25(22(29)30-20)12-15-6-4-10-27-15/h1-11H,12-13H2/b20-11-. The molecule has 4 rings (SSSR count). The molecule has 0 saturated carbocycles. The first-order valence-electron chi connectivity index (χ1n) is 8.95. The summed E-state index contributed by atoms with van der Waals surface area (Å²) in [7, 11) is 0. The van der Waals surface area contributed by atoms with Gasteiger partial charge in [-0.05, 0) is 36.4 Å². The van der Waals surface area contributed by atoms with Gasteiger partial charge in [-0.1, -0.05) is 59.8 Å². The molecule has 0 aliphatic carbocycles. The zero-order valence-electron chi connectivity index (χ0n) is 15.5. The van der Waals surface area contributed by atoms with Crippen LogP contribution in [0.3, 0.4) is 0 Å². The number of thiocarbonyl (C=S) groups is 1. The number of halogens is 2. The van der Waals surface area contributed by atoms with E-state index in [-0.39, 0.29) is 24.6 Å². The lowest BCUT2D eigenvalue weighted by molar-refractivity contribution is -0.122. The third-order valence-corrected chi connectivity index (χ3v) is 6.14. The topological polar surface area (TPSA) is 42.7 Å². The Labute approximate surface area is 187 Å². The fraction of sp³-hybridized carbons (Fsp3) is 0.0909. The molecule has 2 heterocycles. The van der Waals surface area contributed by atoms with Crippen LogP contribution in [0.1, 0.15) is 16.9 Å². The highest BCUT2D eigenvalue weighted by molar-refractivity contribution is 8.26. The van der Waals surface area contributed by atoms with Crippen molar-refractivity contribution < 1.29 is 18.3 Å². The number of furan rings is 1. The van der Waals surface area contributed by atoms with Crippen molar-refractivity contribution in [3.8, 4) is 5.75 Å². The minimum Gasteiger partial charge on any atom is -0.488 e. The molecule has 1 aliphatic rings. The summed E-state index contributed by atoms with van der Waals surface area (Å²) < 4.78 is 25.6. The van der Waals surface area contributed by atoms with Crippen LogP contribution in [0.25, 0.3) is 6.08 Å². The lowest BCUT2D eigenvalue weighted by Gasteiger charge is -2.12. The summed E-state index contributed by atoms with van der Waals surface area (Å²) >= 11 is 12.7. The molecule has 0 atom stereocenters. The number of para-hydroxylation sites is 1. The molecular formula is C22H15ClFNO3S2. The minimum absolute atomic E-state index is 0.0319. The van der Waals surface area contributed by atoms with Crippen LogP contribution < -0.4 is 4.74 Å². The Hall–Kier alpha value is -2.61. The molecular weight excluding hydrogens is 445 g/mol. The van der Waals surface area contributed by atoms with Crippen LogP contribution in [0, 0.1) is 5.82 Å². The quantitative estimate of drug-likeness (QED) is 0.331. The zero-order chi connectivity index (χ0) is 21.1. The minimum atomic E-state index is -0.432. The molecule has 0 N–H and O–H groups in total. The predicted molar refractivity (Wildman–Crippen MR) is 120 cm³/mol. The molecule has 0 bridgehead atoms. The molecule has 4 nitrogen and oxygen atoms in total. The molecule has 8 heteroatoms. The normalized spacial score (nSPS) is 15.3. The lowest BCUT2D eigenvalue weighted by Crippen LogP contribution is -2.27. The van der Waals surface area contributed by atoms with Crippen molar-refractivity contribution in [2.45, 2.75) is 13.2 Å². The second-order valence-corrected chi connectivity index (χ2v) is 8.46. The molecule has 3 aromatic rings. The van der Waals surface area contributed by atoms with Gasteiger partial charge in [0.05, 0.1) is 22.7 Å². The van der Waals surface area contributed by atoms with Crippen LogP contribution in [0.15, 0.2) is 70.2 Å². The van der Waals surface area contributed by atoms with Crippen molar-refractivity contribution >= 4 is 51.9 Å². The number of nitrogens with zero attached hydrogens (tertiary/aromatic N) is 1. The molecule has 1 saturated heterocycles. The van der Waals surface area contributed by atoms with Gasteiger partial charge in [-0.25, -0.2) is 4.39 Å². The van der Waals surface area contributed by atoms with Gasteiger partial charge in [0, 0.05) is 11.1 Å².